The third-order valence-electron chi connectivity index (χ3n) is 1.95. The van der Waals surface area contributed by atoms with E-state index in [2.05, 4.69) is 15.9 Å². The van der Waals surface area contributed by atoms with Crippen LogP contribution in [0.25, 0.3) is 0 Å². The maximum absolute atomic E-state index is 11.3. The van der Waals surface area contributed by atoms with Crippen LogP contribution < -0.4 is 10.5 Å². The molecular weight excluding hydrogens is 325 g/mol. The number of carbonyl (C=O) groups excluding carboxylic acids is 2. The van der Waals surface area contributed by atoms with Gasteiger partial charge in [-0.05, 0) is 41.1 Å². The molecule has 0 radical (unpaired) electrons. The van der Waals surface area contributed by atoms with Gasteiger partial charge in [0.25, 0.3) is 5.91 Å². The molecule has 5 nitrogen and oxygen atoms in total. The van der Waals surface area contributed by atoms with Gasteiger partial charge in [-0.1, -0.05) is 11.6 Å². The second kappa shape index (κ2) is 6.61. The third-order valence-corrected chi connectivity index (χ3v) is 2.80. The van der Waals surface area contributed by atoms with Crippen molar-refractivity contribution in [1.82, 2.24) is 0 Å². The summed E-state index contributed by atoms with van der Waals surface area (Å²) in [5.74, 6) is -0.942. The van der Waals surface area contributed by atoms with Gasteiger partial charge in [-0.25, -0.2) is 4.79 Å². The Morgan fingerprint density at radius 1 is 1.50 bits per heavy atom. The summed E-state index contributed by atoms with van der Waals surface area (Å²) < 4.78 is 10.5. The van der Waals surface area contributed by atoms with Crippen LogP contribution in [0.4, 0.5) is 0 Å². The van der Waals surface area contributed by atoms with E-state index in [1.54, 1.807) is 18.2 Å². The smallest absolute Gasteiger partial charge is 0.344 e. The van der Waals surface area contributed by atoms with E-state index in [4.69, 9.17) is 26.8 Å². The highest BCUT2D eigenvalue weighted by Gasteiger charge is 2.15. The van der Waals surface area contributed by atoms with Gasteiger partial charge < -0.3 is 15.2 Å². The molecule has 0 saturated carbocycles. The van der Waals surface area contributed by atoms with E-state index in [0.29, 0.717) is 15.2 Å². The molecule has 0 fully saturated rings. The second-order valence-corrected chi connectivity index (χ2v) is 4.69. The zero-order valence-electron chi connectivity index (χ0n) is 9.48. The number of amides is 1. The van der Waals surface area contributed by atoms with Gasteiger partial charge in [0.2, 0.25) is 0 Å². The van der Waals surface area contributed by atoms with E-state index in [9.17, 15) is 9.59 Å². The quantitative estimate of drug-likeness (QED) is 0.833. The first-order chi connectivity index (χ1) is 8.40. The van der Waals surface area contributed by atoms with Crippen LogP contribution in [0.3, 0.4) is 0 Å². The average molecular weight is 337 g/mol. The number of rotatable bonds is 5. The van der Waals surface area contributed by atoms with Gasteiger partial charge in [0.05, 0.1) is 4.47 Å². The maximum Gasteiger partial charge on any atom is 0.344 e. The molecule has 98 valence electrons. The Labute approximate surface area is 117 Å². The monoisotopic (exact) mass is 335 g/mol. The van der Waals surface area contributed by atoms with Crippen molar-refractivity contribution < 1.29 is 19.1 Å². The Morgan fingerprint density at radius 2 is 2.17 bits per heavy atom. The fourth-order valence-corrected chi connectivity index (χ4v) is 1.82. The number of ether oxygens (including phenoxy) is 2. The summed E-state index contributed by atoms with van der Waals surface area (Å²) >= 11 is 8.99. The van der Waals surface area contributed by atoms with Crippen LogP contribution in [0.5, 0.6) is 5.75 Å². The van der Waals surface area contributed by atoms with Crippen molar-refractivity contribution in [2.75, 3.05) is 6.61 Å². The van der Waals surface area contributed by atoms with E-state index in [0.717, 1.165) is 0 Å². The van der Waals surface area contributed by atoms with Gasteiger partial charge in [-0.3, -0.25) is 4.79 Å². The highest BCUT2D eigenvalue weighted by molar-refractivity contribution is 9.10. The lowest BCUT2D eigenvalue weighted by Gasteiger charge is -2.11. The summed E-state index contributed by atoms with van der Waals surface area (Å²) in [4.78, 5) is 22.0. The molecule has 1 aromatic rings. The molecule has 0 spiro atoms. The van der Waals surface area contributed by atoms with Gasteiger partial charge in [0.1, 0.15) is 5.75 Å². The summed E-state index contributed by atoms with van der Waals surface area (Å²) in [6, 6.07) is 4.87. The molecule has 18 heavy (non-hydrogen) atoms. The van der Waals surface area contributed by atoms with Crippen LogP contribution in [0.1, 0.15) is 6.92 Å². The van der Waals surface area contributed by atoms with E-state index >= 15 is 0 Å². The Hall–Kier alpha value is -1.27. The Bertz CT molecular complexity index is 466. The first-order valence-electron chi connectivity index (χ1n) is 4.97. The number of carbonyl (C=O) groups is 2. The minimum atomic E-state index is -0.977. The summed E-state index contributed by atoms with van der Waals surface area (Å²) in [5.41, 5.74) is 4.95. The molecule has 0 aliphatic heterocycles. The lowest BCUT2D eigenvalue weighted by Crippen LogP contribution is -2.32. The highest BCUT2D eigenvalue weighted by Crippen LogP contribution is 2.27. The van der Waals surface area contributed by atoms with Crippen molar-refractivity contribution in [3.05, 3.63) is 27.7 Å². The lowest BCUT2D eigenvalue weighted by molar-refractivity contribution is -0.155. The van der Waals surface area contributed by atoms with Crippen molar-refractivity contribution in [3.63, 3.8) is 0 Å². The number of nitrogens with two attached hydrogens (primary N) is 1. The van der Waals surface area contributed by atoms with Crippen LogP contribution in [-0.2, 0) is 14.3 Å². The minimum Gasteiger partial charge on any atom is -0.481 e. The number of esters is 1. The summed E-state index contributed by atoms with van der Waals surface area (Å²) in [6.07, 6.45) is -0.977. The molecule has 1 atom stereocenters. The molecule has 0 aromatic heterocycles. The summed E-state index contributed by atoms with van der Waals surface area (Å²) in [7, 11) is 0. The minimum absolute atomic E-state index is 0.322. The number of hydrogen-bond acceptors (Lipinski definition) is 4. The summed E-state index contributed by atoms with van der Waals surface area (Å²) in [5, 5.41) is 0.541. The number of halogens is 2. The topological polar surface area (TPSA) is 78.6 Å². The number of hydrogen-bond donors (Lipinski definition) is 1. The largest absolute Gasteiger partial charge is 0.481 e. The van der Waals surface area contributed by atoms with Gasteiger partial charge in [-0.15, -0.1) is 0 Å². The zero-order valence-corrected chi connectivity index (χ0v) is 11.8. The Kier molecular flexibility index (Phi) is 5.43. The normalized spacial score (nSPS) is 11.7. The second-order valence-electron chi connectivity index (χ2n) is 3.40. The molecule has 1 amide bonds. The molecule has 1 rings (SSSR count). The van der Waals surface area contributed by atoms with E-state index in [1.165, 1.54) is 6.92 Å². The van der Waals surface area contributed by atoms with Crippen molar-refractivity contribution in [2.45, 2.75) is 13.0 Å². The van der Waals surface area contributed by atoms with Crippen molar-refractivity contribution in [1.29, 1.82) is 0 Å². The Morgan fingerprint density at radius 3 is 2.72 bits per heavy atom. The number of benzene rings is 1. The predicted molar refractivity (Wildman–Crippen MR) is 69.4 cm³/mol. The molecule has 7 heteroatoms. The molecule has 0 aliphatic carbocycles. The van der Waals surface area contributed by atoms with Crippen LogP contribution in [0.2, 0.25) is 5.02 Å². The fraction of sp³-hybridized carbons (Fsp3) is 0.273. The van der Waals surface area contributed by atoms with E-state index < -0.39 is 18.0 Å². The van der Waals surface area contributed by atoms with Gasteiger partial charge in [0, 0.05) is 5.02 Å². The van der Waals surface area contributed by atoms with Gasteiger partial charge in [-0.2, -0.15) is 0 Å². The SMILES string of the molecule is C[C@H](OC(=O)COc1ccc(Cl)cc1Br)C(N)=O. The number of primary amides is 1. The van der Waals surface area contributed by atoms with E-state index in [-0.39, 0.29) is 6.61 Å². The Balaban J connectivity index is 2.50. The van der Waals surface area contributed by atoms with Crippen LogP contribution >= 0.6 is 27.5 Å². The first-order valence-corrected chi connectivity index (χ1v) is 6.14. The zero-order chi connectivity index (χ0) is 13.7. The molecule has 0 saturated heterocycles. The van der Waals surface area contributed by atoms with Crippen LogP contribution in [0, 0.1) is 0 Å². The lowest BCUT2D eigenvalue weighted by atomic mass is 10.3. The van der Waals surface area contributed by atoms with Gasteiger partial charge in [0.15, 0.2) is 12.7 Å². The average Bonchev–Trinajstić information content (AvgIpc) is 2.27. The maximum atomic E-state index is 11.3. The molecule has 0 heterocycles. The van der Waals surface area contributed by atoms with E-state index in [1.807, 2.05) is 0 Å². The molecule has 1 aromatic carbocycles. The van der Waals surface area contributed by atoms with Crippen molar-refractivity contribution in [2.24, 2.45) is 5.73 Å². The molecule has 0 bridgehead atoms. The molecule has 0 aliphatic rings. The fourth-order valence-electron chi connectivity index (χ4n) is 1.02. The van der Waals surface area contributed by atoms with Crippen LogP contribution in [-0.4, -0.2) is 24.6 Å². The van der Waals surface area contributed by atoms with Crippen molar-refractivity contribution in [3.8, 4) is 5.75 Å². The van der Waals surface area contributed by atoms with Gasteiger partial charge >= 0.3 is 5.97 Å². The highest BCUT2D eigenvalue weighted by atomic mass is 79.9. The molecule has 2 N–H and O–H groups in total. The first kappa shape index (κ1) is 14.8. The molecular formula is C11H11BrClNO4. The molecule has 0 unspecified atom stereocenters. The summed E-state index contributed by atoms with van der Waals surface area (Å²) in [6.45, 7) is 1.07. The third kappa shape index (κ3) is 4.54. The predicted octanol–water partition coefficient (Wildman–Crippen LogP) is 1.90. The van der Waals surface area contributed by atoms with Crippen LogP contribution in [0.15, 0.2) is 22.7 Å². The standard InChI is InChI=1S/C11H11BrClNO4/c1-6(11(14)16)18-10(15)5-17-9-3-2-7(13)4-8(9)12/h2-4,6H,5H2,1H3,(H2,14,16)/t6-/m0/s1. The van der Waals surface area contributed by atoms with Crippen molar-refractivity contribution >= 4 is 39.4 Å².